The van der Waals surface area contributed by atoms with Gasteiger partial charge in [0.2, 0.25) is 0 Å². The topological polar surface area (TPSA) is 119 Å². The van der Waals surface area contributed by atoms with Crippen molar-refractivity contribution in [2.75, 3.05) is 36.1 Å². The quantitative estimate of drug-likeness (QED) is 0.402. The van der Waals surface area contributed by atoms with E-state index in [-0.39, 0.29) is 34.9 Å². The molecule has 37 heavy (non-hydrogen) atoms. The van der Waals surface area contributed by atoms with Crippen molar-refractivity contribution in [1.82, 2.24) is 4.98 Å². The molecule has 0 unspecified atom stereocenters. The molecule has 0 saturated carbocycles. The van der Waals surface area contributed by atoms with Crippen LogP contribution in [0.1, 0.15) is 39.5 Å². The van der Waals surface area contributed by atoms with Gasteiger partial charge in [0, 0.05) is 36.7 Å². The third-order valence-electron chi connectivity index (χ3n) is 6.60. The Bertz CT molecular complexity index is 1450. The van der Waals surface area contributed by atoms with Gasteiger partial charge in [0.15, 0.2) is 0 Å². The molecule has 1 fully saturated rings. The number of ether oxygens (including phenoxy) is 1. The van der Waals surface area contributed by atoms with Crippen LogP contribution in [0.3, 0.4) is 0 Å². The van der Waals surface area contributed by atoms with Gasteiger partial charge in [-0.1, -0.05) is 12.1 Å². The maximum atomic E-state index is 14.3. The first-order valence-electron chi connectivity index (χ1n) is 11.7. The van der Waals surface area contributed by atoms with Gasteiger partial charge in [-0.3, -0.25) is 15.1 Å². The van der Waals surface area contributed by atoms with Gasteiger partial charge in [0.1, 0.15) is 17.5 Å². The van der Waals surface area contributed by atoms with E-state index in [4.69, 9.17) is 20.9 Å². The van der Waals surface area contributed by atoms with Gasteiger partial charge < -0.3 is 15.4 Å². The number of hydrogen-bond acceptors (Lipinski definition) is 6. The molecular weight excluding hydrogens is 478 g/mol. The first kappa shape index (κ1) is 24.3. The molecule has 2 aliphatic heterocycles. The minimum atomic E-state index is -3.11. The molecular formula is C27H24F2N6O2. The molecule has 3 aromatic rings. The summed E-state index contributed by atoms with van der Waals surface area (Å²) in [6.45, 7) is 2.93. The largest absolute Gasteiger partial charge is 0.384 e. The molecule has 0 bridgehead atoms. The van der Waals surface area contributed by atoms with Crippen LogP contribution < -0.4 is 15.5 Å². The normalized spacial score (nSPS) is 15.5. The Morgan fingerprint density at radius 2 is 1.86 bits per heavy atom. The number of rotatable bonds is 5. The van der Waals surface area contributed by atoms with Crippen molar-refractivity contribution in [3.8, 4) is 17.2 Å². The maximum Gasteiger partial charge on any atom is 0.270 e. The molecule has 10 heteroatoms. The number of nitrogen functional groups attached to an aromatic ring is 1. The zero-order chi connectivity index (χ0) is 26.3. The first-order chi connectivity index (χ1) is 17.7. The summed E-state index contributed by atoms with van der Waals surface area (Å²) in [6.07, 6.45) is 0. The van der Waals surface area contributed by atoms with E-state index in [1.165, 1.54) is 17.0 Å². The van der Waals surface area contributed by atoms with Crippen molar-refractivity contribution in [2.45, 2.75) is 19.4 Å². The van der Waals surface area contributed by atoms with Crippen LogP contribution in [0.15, 0.2) is 48.5 Å². The average Bonchev–Trinajstić information content (AvgIpc) is 3.24. The number of anilines is 2. The third kappa shape index (κ3) is 4.49. The lowest BCUT2D eigenvalue weighted by molar-refractivity contribution is 0.0166. The number of pyridine rings is 1. The van der Waals surface area contributed by atoms with Crippen LogP contribution >= 0.6 is 0 Å². The van der Waals surface area contributed by atoms with E-state index in [1.807, 2.05) is 11.0 Å². The van der Waals surface area contributed by atoms with Crippen molar-refractivity contribution in [2.24, 2.45) is 5.73 Å². The van der Waals surface area contributed by atoms with E-state index in [0.717, 1.165) is 6.92 Å². The highest BCUT2D eigenvalue weighted by Gasteiger charge is 2.37. The maximum absolute atomic E-state index is 14.3. The summed E-state index contributed by atoms with van der Waals surface area (Å²) >= 11 is 0. The molecule has 0 atom stereocenters. The molecule has 0 aliphatic carbocycles. The number of halogens is 2. The molecule has 3 N–H and O–H groups in total. The number of alkyl halides is 2. The van der Waals surface area contributed by atoms with Crippen LogP contribution in [0, 0.1) is 16.7 Å². The minimum Gasteiger partial charge on any atom is -0.384 e. The van der Waals surface area contributed by atoms with Crippen molar-refractivity contribution < 1.29 is 18.3 Å². The van der Waals surface area contributed by atoms with Gasteiger partial charge in [-0.2, -0.15) is 5.26 Å². The predicted octanol–water partition coefficient (Wildman–Crippen LogP) is 4.01. The van der Waals surface area contributed by atoms with Crippen LogP contribution in [0.2, 0.25) is 0 Å². The lowest BCUT2D eigenvalue weighted by Gasteiger charge is -2.29. The summed E-state index contributed by atoms with van der Waals surface area (Å²) in [5.41, 5.74) is 8.08. The van der Waals surface area contributed by atoms with Crippen LogP contribution in [0.25, 0.3) is 11.1 Å². The number of carbonyl (C=O) groups is 1. The fourth-order valence-electron chi connectivity index (χ4n) is 4.77. The number of benzene rings is 2. The number of nitrogens with zero attached hydrogens (tertiary/aromatic N) is 4. The van der Waals surface area contributed by atoms with E-state index in [2.05, 4.69) is 6.07 Å². The summed E-state index contributed by atoms with van der Waals surface area (Å²) < 4.78 is 34.1. The summed E-state index contributed by atoms with van der Waals surface area (Å²) in [5.74, 6) is -2.86. The first-order valence-corrected chi connectivity index (χ1v) is 11.7. The van der Waals surface area contributed by atoms with Crippen LogP contribution in [-0.4, -0.2) is 43.0 Å². The number of amidine groups is 1. The number of nitriles is 1. The van der Waals surface area contributed by atoms with Gasteiger partial charge in [-0.15, -0.1) is 0 Å². The third-order valence-corrected chi connectivity index (χ3v) is 6.60. The van der Waals surface area contributed by atoms with E-state index in [9.17, 15) is 18.8 Å². The number of carbonyl (C=O) groups excluding carboxylic acids is 1. The highest BCUT2D eigenvalue weighted by Crippen LogP contribution is 2.39. The number of nitrogens with one attached hydrogen (secondary N) is 1. The molecule has 0 radical (unpaired) electrons. The van der Waals surface area contributed by atoms with Crippen LogP contribution in [0.4, 0.5) is 20.4 Å². The number of amides is 1. The molecule has 0 spiro atoms. The van der Waals surface area contributed by atoms with Crippen molar-refractivity contribution in [3.05, 3.63) is 76.3 Å². The van der Waals surface area contributed by atoms with Crippen molar-refractivity contribution >= 4 is 23.4 Å². The predicted molar refractivity (Wildman–Crippen MR) is 135 cm³/mol. The Hall–Kier alpha value is -4.36. The molecule has 2 aliphatic rings. The summed E-state index contributed by atoms with van der Waals surface area (Å²) in [4.78, 5) is 21.5. The monoisotopic (exact) mass is 502 g/mol. The Labute approximate surface area is 212 Å². The highest BCUT2D eigenvalue weighted by atomic mass is 19.3. The lowest BCUT2D eigenvalue weighted by Crippen LogP contribution is -2.37. The van der Waals surface area contributed by atoms with E-state index in [1.54, 1.807) is 30.3 Å². The summed E-state index contributed by atoms with van der Waals surface area (Å²) in [7, 11) is 0. The van der Waals surface area contributed by atoms with E-state index in [0.29, 0.717) is 54.4 Å². The number of fused-ring (bicyclic) bond motifs is 1. The molecule has 1 amide bonds. The van der Waals surface area contributed by atoms with Gasteiger partial charge in [0.05, 0.1) is 31.4 Å². The standard InChI is InChI=1S/C27H24F2N6O2/c1-27(28,29)22-4-2-3-19-21(22)15-35(26(19)36)24-13-17(12-23(33-24)34-7-9-37-10-8-34)20-11-16(14-30)5-6-18(20)25(31)32/h2-6,11-13H,7-10,15H2,1H3,(H3,31,32). The second kappa shape index (κ2) is 9.26. The molecule has 5 rings (SSSR count). The SMILES string of the molecule is CC(F)(F)c1cccc2c1CN(c1cc(-c3cc(C#N)ccc3C(=N)N)cc(N3CCOCC3)n1)C2=O. The summed E-state index contributed by atoms with van der Waals surface area (Å²) in [5, 5.41) is 17.5. The van der Waals surface area contributed by atoms with Crippen LogP contribution in [0.5, 0.6) is 0 Å². The molecule has 1 saturated heterocycles. The number of hydrogen-bond donors (Lipinski definition) is 2. The lowest BCUT2D eigenvalue weighted by atomic mass is 9.97. The average molecular weight is 503 g/mol. The molecule has 2 aromatic carbocycles. The second-order valence-electron chi connectivity index (χ2n) is 9.07. The Kier molecular flexibility index (Phi) is 6.09. The smallest absolute Gasteiger partial charge is 0.270 e. The number of nitrogens with two attached hydrogens (primary N) is 1. The number of aromatic nitrogens is 1. The van der Waals surface area contributed by atoms with Crippen LogP contribution in [-0.2, 0) is 17.2 Å². The number of morpholine rings is 1. The summed E-state index contributed by atoms with van der Waals surface area (Å²) in [6, 6.07) is 14.8. The van der Waals surface area contributed by atoms with Gasteiger partial charge in [0.25, 0.3) is 11.8 Å². The molecule has 1 aromatic heterocycles. The molecule has 3 heterocycles. The van der Waals surface area contributed by atoms with E-state index >= 15 is 0 Å². The van der Waals surface area contributed by atoms with E-state index < -0.39 is 11.8 Å². The zero-order valence-corrected chi connectivity index (χ0v) is 20.1. The minimum absolute atomic E-state index is 0.0510. The van der Waals surface area contributed by atoms with Gasteiger partial charge in [-0.25, -0.2) is 13.8 Å². The fraction of sp³-hybridized carbons (Fsp3) is 0.259. The Morgan fingerprint density at radius 1 is 1.14 bits per heavy atom. The fourth-order valence-corrected chi connectivity index (χ4v) is 4.77. The Balaban J connectivity index is 1.66. The van der Waals surface area contributed by atoms with Gasteiger partial charge >= 0.3 is 0 Å². The highest BCUT2D eigenvalue weighted by molar-refractivity contribution is 6.10. The molecule has 188 valence electrons. The van der Waals surface area contributed by atoms with Crippen molar-refractivity contribution in [3.63, 3.8) is 0 Å². The second-order valence-corrected chi connectivity index (χ2v) is 9.07. The zero-order valence-electron chi connectivity index (χ0n) is 20.1. The Morgan fingerprint density at radius 3 is 2.54 bits per heavy atom. The van der Waals surface area contributed by atoms with Gasteiger partial charge in [-0.05, 0) is 53.1 Å². The molecule has 8 nitrogen and oxygen atoms in total. The van der Waals surface area contributed by atoms with Crippen molar-refractivity contribution in [1.29, 1.82) is 10.7 Å².